The van der Waals surface area contributed by atoms with E-state index in [4.69, 9.17) is 4.52 Å². The highest BCUT2D eigenvalue weighted by Crippen LogP contribution is 2.28. The number of rotatable bonds is 6. The monoisotopic (exact) mass is 353 g/mol. The molecule has 0 aliphatic heterocycles. The fraction of sp³-hybridized carbons (Fsp3) is 0.450. The van der Waals surface area contributed by atoms with Crippen LogP contribution in [0.25, 0.3) is 0 Å². The molecule has 1 fully saturated rings. The van der Waals surface area contributed by atoms with Crippen molar-refractivity contribution in [1.82, 2.24) is 15.8 Å². The van der Waals surface area contributed by atoms with Crippen molar-refractivity contribution in [3.05, 3.63) is 52.9 Å². The van der Waals surface area contributed by atoms with Crippen molar-refractivity contribution >= 4 is 11.8 Å². The van der Waals surface area contributed by atoms with Gasteiger partial charge in [0.05, 0.1) is 6.42 Å². The molecule has 0 saturated heterocycles. The molecule has 0 spiro atoms. The minimum absolute atomic E-state index is 0.000777. The van der Waals surface area contributed by atoms with E-state index in [9.17, 15) is 9.59 Å². The fourth-order valence-corrected chi connectivity index (χ4v) is 3.41. The van der Waals surface area contributed by atoms with Gasteiger partial charge in [-0.2, -0.15) is 0 Å². The second kappa shape index (κ2) is 7.32. The van der Waals surface area contributed by atoms with E-state index in [2.05, 4.69) is 15.8 Å². The lowest BCUT2D eigenvalue weighted by molar-refractivity contribution is -0.121. The number of nitrogens with zero attached hydrogens (tertiary/aromatic N) is 1. The van der Waals surface area contributed by atoms with Gasteiger partial charge in [-0.1, -0.05) is 35.5 Å². The maximum Gasteiger partial charge on any atom is 0.273 e. The lowest BCUT2D eigenvalue weighted by Crippen LogP contribution is -2.40. The highest BCUT2D eigenvalue weighted by molar-refractivity contribution is 5.94. The Morgan fingerprint density at radius 1 is 1.15 bits per heavy atom. The molecule has 2 aliphatic rings. The zero-order valence-electron chi connectivity index (χ0n) is 14.7. The number of hydrogen-bond donors (Lipinski definition) is 2. The van der Waals surface area contributed by atoms with Crippen LogP contribution >= 0.6 is 0 Å². The Labute approximate surface area is 152 Å². The summed E-state index contributed by atoms with van der Waals surface area (Å²) >= 11 is 0. The van der Waals surface area contributed by atoms with Crippen molar-refractivity contribution in [3.63, 3.8) is 0 Å². The van der Waals surface area contributed by atoms with Gasteiger partial charge in [-0.25, -0.2) is 0 Å². The zero-order chi connectivity index (χ0) is 17.9. The molecule has 6 heteroatoms. The molecule has 136 valence electrons. The Kier molecular flexibility index (Phi) is 4.73. The van der Waals surface area contributed by atoms with E-state index in [1.807, 2.05) is 30.3 Å². The van der Waals surface area contributed by atoms with Gasteiger partial charge in [-0.05, 0) is 37.2 Å². The van der Waals surface area contributed by atoms with Gasteiger partial charge in [0, 0.05) is 24.6 Å². The summed E-state index contributed by atoms with van der Waals surface area (Å²) in [5.74, 6) is 1.22. The number of aromatic nitrogens is 1. The first-order valence-corrected chi connectivity index (χ1v) is 9.28. The standard InChI is InChI=1S/C20H23N3O3/c24-18(10-13-4-2-1-3-5-13)22-15-8-9-17-16(11-15)19(23-26-17)20(25)21-12-14-6-7-14/h1-5,14-15H,6-12H2,(H,21,25)(H,22,24). The first kappa shape index (κ1) is 16.8. The van der Waals surface area contributed by atoms with Crippen LogP contribution < -0.4 is 10.6 Å². The van der Waals surface area contributed by atoms with Crippen molar-refractivity contribution < 1.29 is 14.1 Å². The van der Waals surface area contributed by atoms with Gasteiger partial charge < -0.3 is 15.2 Å². The highest BCUT2D eigenvalue weighted by atomic mass is 16.5. The molecule has 2 aromatic rings. The van der Waals surface area contributed by atoms with Crippen molar-refractivity contribution in [2.24, 2.45) is 5.92 Å². The van der Waals surface area contributed by atoms with Crippen molar-refractivity contribution in [3.8, 4) is 0 Å². The average Bonchev–Trinajstić information content (AvgIpc) is 3.38. The fourth-order valence-electron chi connectivity index (χ4n) is 3.41. The molecule has 2 amide bonds. The van der Waals surface area contributed by atoms with E-state index in [0.29, 0.717) is 37.4 Å². The van der Waals surface area contributed by atoms with Gasteiger partial charge in [0.15, 0.2) is 5.69 Å². The minimum Gasteiger partial charge on any atom is -0.360 e. The van der Waals surface area contributed by atoms with Gasteiger partial charge in [-0.15, -0.1) is 0 Å². The van der Waals surface area contributed by atoms with Crippen LogP contribution in [-0.4, -0.2) is 29.6 Å². The first-order chi connectivity index (χ1) is 12.7. The third-order valence-corrected chi connectivity index (χ3v) is 5.08. The lowest BCUT2D eigenvalue weighted by atomic mass is 9.91. The summed E-state index contributed by atoms with van der Waals surface area (Å²) in [6.07, 6.45) is 4.81. The van der Waals surface area contributed by atoms with Crippen LogP contribution in [0, 0.1) is 5.92 Å². The molecule has 26 heavy (non-hydrogen) atoms. The summed E-state index contributed by atoms with van der Waals surface area (Å²) in [5, 5.41) is 10.00. The Morgan fingerprint density at radius 2 is 1.96 bits per heavy atom. The van der Waals surface area contributed by atoms with Crippen LogP contribution in [0.15, 0.2) is 34.9 Å². The van der Waals surface area contributed by atoms with E-state index in [0.717, 1.165) is 23.3 Å². The molecule has 2 aliphatic carbocycles. The molecule has 1 saturated carbocycles. The van der Waals surface area contributed by atoms with Crippen LogP contribution in [0.3, 0.4) is 0 Å². The van der Waals surface area contributed by atoms with Crippen molar-refractivity contribution in [2.45, 2.75) is 44.6 Å². The summed E-state index contributed by atoms with van der Waals surface area (Å²) in [6.45, 7) is 0.706. The van der Waals surface area contributed by atoms with Gasteiger partial charge in [-0.3, -0.25) is 9.59 Å². The topological polar surface area (TPSA) is 84.2 Å². The second-order valence-electron chi connectivity index (χ2n) is 7.26. The molecular formula is C20H23N3O3. The third kappa shape index (κ3) is 3.95. The summed E-state index contributed by atoms with van der Waals surface area (Å²) in [6, 6.07) is 9.69. The predicted octanol–water partition coefficient (Wildman–Crippen LogP) is 2.03. The number of carbonyl (C=O) groups is 2. The number of fused-ring (bicyclic) bond motifs is 1. The first-order valence-electron chi connectivity index (χ1n) is 9.28. The molecular weight excluding hydrogens is 330 g/mol. The predicted molar refractivity (Wildman–Crippen MR) is 95.7 cm³/mol. The quantitative estimate of drug-likeness (QED) is 0.832. The maximum atomic E-state index is 12.4. The van der Waals surface area contributed by atoms with Crippen LogP contribution in [0.5, 0.6) is 0 Å². The minimum atomic E-state index is -0.168. The van der Waals surface area contributed by atoms with Crippen molar-refractivity contribution in [2.75, 3.05) is 6.54 Å². The molecule has 4 rings (SSSR count). The normalized spacial score (nSPS) is 18.8. The number of nitrogens with one attached hydrogen (secondary N) is 2. The molecule has 1 aromatic carbocycles. The third-order valence-electron chi connectivity index (χ3n) is 5.08. The van der Waals surface area contributed by atoms with Gasteiger partial charge in [0.25, 0.3) is 5.91 Å². The zero-order valence-corrected chi connectivity index (χ0v) is 14.7. The molecule has 6 nitrogen and oxygen atoms in total. The van der Waals surface area contributed by atoms with E-state index in [1.54, 1.807) is 0 Å². The number of carbonyl (C=O) groups excluding carboxylic acids is 2. The Bertz CT molecular complexity index is 796. The van der Waals surface area contributed by atoms with E-state index in [-0.39, 0.29) is 17.9 Å². The highest BCUT2D eigenvalue weighted by Gasteiger charge is 2.30. The molecule has 1 unspecified atom stereocenters. The average molecular weight is 353 g/mol. The maximum absolute atomic E-state index is 12.4. The van der Waals surface area contributed by atoms with Gasteiger partial charge in [0.1, 0.15) is 5.76 Å². The second-order valence-corrected chi connectivity index (χ2v) is 7.26. The van der Waals surface area contributed by atoms with Crippen LogP contribution in [0.1, 0.15) is 46.6 Å². The number of amides is 2. The van der Waals surface area contributed by atoms with E-state index < -0.39 is 0 Å². The molecule has 0 radical (unpaired) electrons. The van der Waals surface area contributed by atoms with Crippen LogP contribution in [-0.2, 0) is 24.1 Å². The molecule has 1 atom stereocenters. The van der Waals surface area contributed by atoms with Crippen LogP contribution in [0.2, 0.25) is 0 Å². The summed E-state index contributed by atoms with van der Waals surface area (Å²) < 4.78 is 5.36. The smallest absolute Gasteiger partial charge is 0.273 e. The Balaban J connectivity index is 1.36. The molecule has 0 bridgehead atoms. The summed E-state index contributed by atoms with van der Waals surface area (Å²) in [5.41, 5.74) is 2.21. The SMILES string of the molecule is O=C(Cc1ccccc1)NC1CCc2onc(C(=O)NCC3CC3)c2C1. The van der Waals surface area contributed by atoms with Crippen LogP contribution in [0.4, 0.5) is 0 Å². The molecule has 1 heterocycles. The summed E-state index contributed by atoms with van der Waals surface area (Å²) in [4.78, 5) is 24.7. The number of hydrogen-bond acceptors (Lipinski definition) is 4. The Morgan fingerprint density at radius 3 is 2.73 bits per heavy atom. The number of benzene rings is 1. The lowest BCUT2D eigenvalue weighted by Gasteiger charge is -2.22. The van der Waals surface area contributed by atoms with Crippen molar-refractivity contribution in [1.29, 1.82) is 0 Å². The molecule has 1 aromatic heterocycles. The van der Waals surface area contributed by atoms with E-state index in [1.165, 1.54) is 12.8 Å². The van der Waals surface area contributed by atoms with Gasteiger partial charge >= 0.3 is 0 Å². The number of aryl methyl sites for hydroxylation is 1. The summed E-state index contributed by atoms with van der Waals surface area (Å²) in [7, 11) is 0. The Hall–Kier alpha value is -2.63. The van der Waals surface area contributed by atoms with E-state index >= 15 is 0 Å². The largest absolute Gasteiger partial charge is 0.360 e. The molecule has 2 N–H and O–H groups in total. The van der Waals surface area contributed by atoms with Gasteiger partial charge in [0.2, 0.25) is 5.91 Å².